The number of hydrogen-bond donors (Lipinski definition) is 0. The van der Waals surface area contributed by atoms with Gasteiger partial charge in [0.2, 0.25) is 0 Å². The molecule has 3 heteroatoms. The Bertz CT molecular complexity index is 500. The number of fused-ring (bicyclic) bond motifs is 3. The van der Waals surface area contributed by atoms with Gasteiger partial charge in [0.25, 0.3) is 0 Å². The van der Waals surface area contributed by atoms with E-state index in [1.807, 2.05) is 0 Å². The molecule has 0 amide bonds. The predicted molar refractivity (Wildman–Crippen MR) is 70.1 cm³/mol. The van der Waals surface area contributed by atoms with Crippen molar-refractivity contribution >= 4 is 31.9 Å². The summed E-state index contributed by atoms with van der Waals surface area (Å²) in [6.07, 6.45) is 1.05. The summed E-state index contributed by atoms with van der Waals surface area (Å²) in [5.41, 5.74) is 5.58. The first kappa shape index (κ1) is 12.4. The van der Waals surface area contributed by atoms with E-state index in [1.165, 1.54) is 22.3 Å². The SMILES string of the molecule is Brc1ccc2c(c1)Cc1cc(Br)ccc1-2.[Cu]. The molecule has 0 aromatic heterocycles. The standard InChI is InChI=1S/C13H8Br2.Cu/c14-10-1-3-12-8(6-10)5-9-7-11(15)2-4-13(9)12;/h1-4,6-7H,5H2;. The molecule has 1 aliphatic rings. The van der Waals surface area contributed by atoms with E-state index in [-0.39, 0.29) is 17.1 Å². The van der Waals surface area contributed by atoms with Crippen LogP contribution in [0.2, 0.25) is 0 Å². The van der Waals surface area contributed by atoms with Crippen molar-refractivity contribution in [1.82, 2.24) is 0 Å². The van der Waals surface area contributed by atoms with Crippen LogP contribution in [0.3, 0.4) is 0 Å². The Balaban J connectivity index is 0.000000963. The Morgan fingerprint density at radius 3 is 1.62 bits per heavy atom. The van der Waals surface area contributed by atoms with Crippen LogP contribution < -0.4 is 0 Å². The summed E-state index contributed by atoms with van der Waals surface area (Å²) >= 11 is 7.03. The fourth-order valence-electron chi connectivity index (χ4n) is 2.15. The molecule has 0 N–H and O–H groups in total. The first-order chi connectivity index (χ1) is 7.24. The van der Waals surface area contributed by atoms with Gasteiger partial charge >= 0.3 is 0 Å². The van der Waals surface area contributed by atoms with Crippen LogP contribution in [0.5, 0.6) is 0 Å². The molecule has 85 valence electrons. The largest absolute Gasteiger partial charge is 0.0530 e. The van der Waals surface area contributed by atoms with Crippen molar-refractivity contribution in [2.75, 3.05) is 0 Å². The summed E-state index contributed by atoms with van der Waals surface area (Å²) in [6, 6.07) is 13.0. The van der Waals surface area contributed by atoms with Crippen molar-refractivity contribution in [2.45, 2.75) is 6.42 Å². The zero-order chi connectivity index (χ0) is 10.4. The van der Waals surface area contributed by atoms with E-state index in [0.29, 0.717) is 0 Å². The van der Waals surface area contributed by atoms with E-state index < -0.39 is 0 Å². The van der Waals surface area contributed by atoms with Crippen molar-refractivity contribution in [3.8, 4) is 11.1 Å². The van der Waals surface area contributed by atoms with Crippen LogP contribution in [-0.2, 0) is 23.5 Å². The van der Waals surface area contributed by atoms with Crippen LogP contribution >= 0.6 is 31.9 Å². The molecule has 2 aromatic rings. The molecule has 0 fully saturated rings. The van der Waals surface area contributed by atoms with Gasteiger partial charge in [0.1, 0.15) is 0 Å². The third-order valence-corrected chi connectivity index (χ3v) is 3.79. The molecule has 16 heavy (non-hydrogen) atoms. The van der Waals surface area contributed by atoms with Crippen molar-refractivity contribution in [2.24, 2.45) is 0 Å². The van der Waals surface area contributed by atoms with Crippen LogP contribution in [-0.4, -0.2) is 0 Å². The molecule has 1 aliphatic carbocycles. The maximum absolute atomic E-state index is 3.51. The molecule has 1 radical (unpaired) electrons. The second-order valence-corrected chi connectivity index (χ2v) is 5.61. The quantitative estimate of drug-likeness (QED) is 0.487. The molecule has 0 unspecified atom stereocenters. The molecule has 3 rings (SSSR count). The second-order valence-electron chi connectivity index (χ2n) is 3.78. The average Bonchev–Trinajstić information content (AvgIpc) is 2.53. The Kier molecular flexibility index (Phi) is 3.60. The number of rotatable bonds is 0. The molecule has 0 saturated carbocycles. The monoisotopic (exact) mass is 385 g/mol. The Morgan fingerprint density at radius 1 is 0.750 bits per heavy atom. The Labute approximate surface area is 122 Å². The topological polar surface area (TPSA) is 0 Å². The Hall–Kier alpha value is -0.0805. The maximum atomic E-state index is 3.51. The van der Waals surface area contributed by atoms with Gasteiger partial charge in [-0.1, -0.05) is 44.0 Å². The molecule has 0 heterocycles. The van der Waals surface area contributed by atoms with Crippen LogP contribution in [0, 0.1) is 0 Å². The number of benzene rings is 2. The summed E-state index contributed by atoms with van der Waals surface area (Å²) in [5, 5.41) is 0. The van der Waals surface area contributed by atoms with Gasteiger partial charge < -0.3 is 0 Å². The van der Waals surface area contributed by atoms with E-state index in [9.17, 15) is 0 Å². The van der Waals surface area contributed by atoms with E-state index >= 15 is 0 Å². The fourth-order valence-corrected chi connectivity index (χ4v) is 2.96. The van der Waals surface area contributed by atoms with Crippen molar-refractivity contribution in [3.63, 3.8) is 0 Å². The van der Waals surface area contributed by atoms with Crippen molar-refractivity contribution in [1.29, 1.82) is 0 Å². The van der Waals surface area contributed by atoms with E-state index in [2.05, 4.69) is 68.3 Å². The van der Waals surface area contributed by atoms with Crippen molar-refractivity contribution < 1.29 is 17.1 Å². The number of halogens is 2. The summed E-state index contributed by atoms with van der Waals surface area (Å²) < 4.78 is 2.32. The van der Waals surface area contributed by atoms with Crippen LogP contribution in [0.15, 0.2) is 45.3 Å². The van der Waals surface area contributed by atoms with Crippen LogP contribution in [0.25, 0.3) is 11.1 Å². The van der Waals surface area contributed by atoms with Gasteiger partial charge in [-0.2, -0.15) is 0 Å². The van der Waals surface area contributed by atoms with Gasteiger partial charge in [-0.25, -0.2) is 0 Å². The molecular weight excluding hydrogens is 379 g/mol. The number of hydrogen-bond acceptors (Lipinski definition) is 0. The minimum Gasteiger partial charge on any atom is -0.0530 e. The summed E-state index contributed by atoms with van der Waals surface area (Å²) in [7, 11) is 0. The molecule has 0 aliphatic heterocycles. The van der Waals surface area contributed by atoms with E-state index in [4.69, 9.17) is 0 Å². The molecule has 0 nitrogen and oxygen atoms in total. The van der Waals surface area contributed by atoms with Gasteiger partial charge in [0.05, 0.1) is 0 Å². The zero-order valence-corrected chi connectivity index (χ0v) is 12.3. The second kappa shape index (κ2) is 4.66. The van der Waals surface area contributed by atoms with E-state index in [0.717, 1.165) is 15.4 Å². The minimum absolute atomic E-state index is 0. The normalized spacial score (nSPS) is 11.6. The smallest absolute Gasteiger partial charge is 0.0178 e. The maximum Gasteiger partial charge on any atom is 0.0178 e. The van der Waals surface area contributed by atoms with Gasteiger partial charge in [-0.3, -0.25) is 0 Å². The van der Waals surface area contributed by atoms with E-state index in [1.54, 1.807) is 0 Å². The Morgan fingerprint density at radius 2 is 1.19 bits per heavy atom. The summed E-state index contributed by atoms with van der Waals surface area (Å²) in [5.74, 6) is 0. The summed E-state index contributed by atoms with van der Waals surface area (Å²) in [6.45, 7) is 0. The van der Waals surface area contributed by atoms with Gasteiger partial charge in [0, 0.05) is 26.0 Å². The first-order valence-corrected chi connectivity index (χ1v) is 6.40. The van der Waals surface area contributed by atoms with Crippen LogP contribution in [0.4, 0.5) is 0 Å². The van der Waals surface area contributed by atoms with Crippen LogP contribution in [0.1, 0.15) is 11.1 Å². The fraction of sp³-hybridized carbons (Fsp3) is 0.0769. The van der Waals surface area contributed by atoms with Crippen molar-refractivity contribution in [3.05, 3.63) is 56.5 Å². The third-order valence-electron chi connectivity index (χ3n) is 2.81. The molecule has 0 spiro atoms. The minimum atomic E-state index is 0. The predicted octanol–water partition coefficient (Wildman–Crippen LogP) is 4.78. The molecule has 2 aromatic carbocycles. The van der Waals surface area contributed by atoms with Gasteiger partial charge in [-0.15, -0.1) is 0 Å². The average molecular weight is 388 g/mol. The van der Waals surface area contributed by atoms with Gasteiger partial charge in [-0.05, 0) is 52.9 Å². The molecule has 0 saturated heterocycles. The molecular formula is C13H8Br2Cu. The molecule has 0 atom stereocenters. The third kappa shape index (κ3) is 2.02. The summed E-state index contributed by atoms with van der Waals surface area (Å²) in [4.78, 5) is 0. The molecule has 0 bridgehead atoms. The van der Waals surface area contributed by atoms with Gasteiger partial charge in [0.15, 0.2) is 0 Å². The zero-order valence-electron chi connectivity index (χ0n) is 8.23. The first-order valence-electron chi connectivity index (χ1n) is 4.81.